The summed E-state index contributed by atoms with van der Waals surface area (Å²) in [6.45, 7) is 2.93. The molecule has 0 amide bonds. The number of aromatic nitrogens is 3. The van der Waals surface area contributed by atoms with Crippen LogP contribution in [-0.2, 0) is 6.42 Å². The Balaban J connectivity index is 2.09. The molecular formula is C11H14N6O2S. The van der Waals surface area contributed by atoms with E-state index in [1.165, 1.54) is 6.33 Å². The number of nitrogens with zero attached hydrogens (tertiary/aromatic N) is 4. The van der Waals surface area contributed by atoms with Gasteiger partial charge in [-0.2, -0.15) is 0 Å². The molecule has 0 bridgehead atoms. The van der Waals surface area contributed by atoms with Gasteiger partial charge in [-0.15, -0.1) is 11.3 Å². The summed E-state index contributed by atoms with van der Waals surface area (Å²) < 4.78 is 0. The molecule has 0 unspecified atom stereocenters. The van der Waals surface area contributed by atoms with Crippen LogP contribution in [0.5, 0.6) is 0 Å². The molecule has 0 aliphatic carbocycles. The van der Waals surface area contributed by atoms with Gasteiger partial charge in [-0.3, -0.25) is 10.1 Å². The monoisotopic (exact) mass is 294 g/mol. The maximum atomic E-state index is 11.1. The van der Waals surface area contributed by atoms with Crippen molar-refractivity contribution in [3.63, 3.8) is 0 Å². The summed E-state index contributed by atoms with van der Waals surface area (Å²) in [6, 6.07) is 0. The Bertz CT molecular complexity index is 574. The van der Waals surface area contributed by atoms with E-state index in [-0.39, 0.29) is 17.3 Å². The van der Waals surface area contributed by atoms with Gasteiger partial charge in [0.1, 0.15) is 6.33 Å². The van der Waals surface area contributed by atoms with Crippen molar-refractivity contribution in [2.24, 2.45) is 0 Å². The van der Waals surface area contributed by atoms with Crippen molar-refractivity contribution in [3.05, 3.63) is 33.0 Å². The molecule has 2 aromatic rings. The molecule has 2 aromatic heterocycles. The lowest BCUT2D eigenvalue weighted by Gasteiger charge is -2.08. The summed E-state index contributed by atoms with van der Waals surface area (Å²) in [4.78, 5) is 22.6. The third-order valence-electron chi connectivity index (χ3n) is 2.46. The van der Waals surface area contributed by atoms with Gasteiger partial charge in [0, 0.05) is 31.1 Å². The van der Waals surface area contributed by atoms with Crippen LogP contribution in [0.3, 0.4) is 0 Å². The Kier molecular flexibility index (Phi) is 4.77. The first kappa shape index (κ1) is 14.1. The zero-order valence-corrected chi connectivity index (χ0v) is 11.7. The molecule has 9 heteroatoms. The Morgan fingerprint density at radius 3 is 2.65 bits per heavy atom. The van der Waals surface area contributed by atoms with E-state index in [0.29, 0.717) is 19.5 Å². The van der Waals surface area contributed by atoms with Crippen molar-refractivity contribution in [1.29, 1.82) is 0 Å². The lowest BCUT2D eigenvalue weighted by molar-refractivity contribution is -0.383. The topological polar surface area (TPSA) is 106 Å². The standard InChI is InChI=1S/C11H14N6O2S/c1-2-12-10-9(17(18)19)11(16-7-15-10)14-4-3-8-13-5-6-20-8/h5-7H,2-4H2,1H3,(H2,12,14,15,16). The van der Waals surface area contributed by atoms with Crippen molar-refractivity contribution >= 4 is 28.7 Å². The van der Waals surface area contributed by atoms with Gasteiger partial charge in [0.2, 0.25) is 11.6 Å². The van der Waals surface area contributed by atoms with E-state index in [4.69, 9.17) is 0 Å². The second-order valence-corrected chi connectivity index (χ2v) is 4.79. The normalized spacial score (nSPS) is 10.2. The molecule has 2 heterocycles. The van der Waals surface area contributed by atoms with Crippen molar-refractivity contribution in [3.8, 4) is 0 Å². The summed E-state index contributed by atoms with van der Waals surface area (Å²) in [7, 11) is 0. The fourth-order valence-corrected chi connectivity index (χ4v) is 2.26. The van der Waals surface area contributed by atoms with Crippen molar-refractivity contribution in [1.82, 2.24) is 15.0 Å². The molecule has 106 valence electrons. The first-order valence-electron chi connectivity index (χ1n) is 6.08. The summed E-state index contributed by atoms with van der Waals surface area (Å²) in [6.07, 6.45) is 3.72. The molecule has 0 radical (unpaired) electrons. The fourth-order valence-electron chi connectivity index (χ4n) is 1.64. The van der Waals surface area contributed by atoms with Crippen LogP contribution in [0.15, 0.2) is 17.9 Å². The maximum Gasteiger partial charge on any atom is 0.353 e. The number of nitro groups is 1. The largest absolute Gasteiger partial charge is 0.364 e. The molecule has 0 aromatic carbocycles. The number of hydrogen-bond acceptors (Lipinski definition) is 8. The Labute approximate surface area is 119 Å². The van der Waals surface area contributed by atoms with Crippen LogP contribution in [0.1, 0.15) is 11.9 Å². The van der Waals surface area contributed by atoms with E-state index in [9.17, 15) is 10.1 Å². The molecule has 8 nitrogen and oxygen atoms in total. The lowest BCUT2D eigenvalue weighted by Crippen LogP contribution is -2.11. The second kappa shape index (κ2) is 6.75. The third kappa shape index (κ3) is 3.38. The van der Waals surface area contributed by atoms with Crippen LogP contribution in [0.2, 0.25) is 0 Å². The van der Waals surface area contributed by atoms with Crippen LogP contribution in [0.25, 0.3) is 0 Å². The molecule has 0 aliphatic rings. The highest BCUT2D eigenvalue weighted by Gasteiger charge is 2.22. The quantitative estimate of drug-likeness (QED) is 0.593. The highest BCUT2D eigenvalue weighted by atomic mass is 32.1. The highest BCUT2D eigenvalue weighted by molar-refractivity contribution is 7.09. The fraction of sp³-hybridized carbons (Fsp3) is 0.364. The molecule has 0 atom stereocenters. The third-order valence-corrected chi connectivity index (χ3v) is 3.30. The van der Waals surface area contributed by atoms with Crippen LogP contribution < -0.4 is 10.6 Å². The smallest absolute Gasteiger partial charge is 0.353 e. The van der Waals surface area contributed by atoms with E-state index >= 15 is 0 Å². The van der Waals surface area contributed by atoms with Crippen molar-refractivity contribution in [2.75, 3.05) is 23.7 Å². The molecule has 0 fully saturated rings. The summed E-state index contributed by atoms with van der Waals surface area (Å²) in [5.41, 5.74) is -0.131. The summed E-state index contributed by atoms with van der Waals surface area (Å²) in [5, 5.41) is 19.8. The minimum Gasteiger partial charge on any atom is -0.364 e. The Morgan fingerprint density at radius 2 is 2.05 bits per heavy atom. The number of thiazole rings is 1. The van der Waals surface area contributed by atoms with E-state index in [1.54, 1.807) is 17.5 Å². The predicted molar refractivity (Wildman–Crippen MR) is 77.2 cm³/mol. The van der Waals surface area contributed by atoms with E-state index in [0.717, 1.165) is 5.01 Å². The van der Waals surface area contributed by atoms with Gasteiger partial charge in [0.15, 0.2) is 0 Å². The Hall–Kier alpha value is -2.29. The number of anilines is 2. The molecule has 0 aliphatic heterocycles. The Morgan fingerprint density at radius 1 is 1.30 bits per heavy atom. The van der Waals surface area contributed by atoms with E-state index < -0.39 is 4.92 Å². The molecular weight excluding hydrogens is 280 g/mol. The summed E-state index contributed by atoms with van der Waals surface area (Å²) >= 11 is 1.55. The van der Waals surface area contributed by atoms with Crippen LogP contribution in [0.4, 0.5) is 17.3 Å². The average molecular weight is 294 g/mol. The molecule has 2 rings (SSSR count). The first-order chi connectivity index (χ1) is 9.72. The maximum absolute atomic E-state index is 11.1. The van der Waals surface area contributed by atoms with Crippen LogP contribution >= 0.6 is 11.3 Å². The van der Waals surface area contributed by atoms with Gasteiger partial charge in [0.25, 0.3) is 0 Å². The van der Waals surface area contributed by atoms with Gasteiger partial charge in [-0.05, 0) is 6.92 Å². The van der Waals surface area contributed by atoms with Crippen LogP contribution in [-0.4, -0.2) is 33.0 Å². The van der Waals surface area contributed by atoms with E-state index in [1.807, 2.05) is 12.3 Å². The molecule has 0 saturated carbocycles. The van der Waals surface area contributed by atoms with Gasteiger partial charge in [0.05, 0.1) is 9.93 Å². The lowest BCUT2D eigenvalue weighted by atomic mass is 10.4. The van der Waals surface area contributed by atoms with Gasteiger partial charge >= 0.3 is 5.69 Å². The van der Waals surface area contributed by atoms with Gasteiger partial charge in [-0.25, -0.2) is 15.0 Å². The van der Waals surface area contributed by atoms with Gasteiger partial charge < -0.3 is 10.6 Å². The highest BCUT2D eigenvalue weighted by Crippen LogP contribution is 2.28. The number of nitrogens with one attached hydrogen (secondary N) is 2. The molecule has 20 heavy (non-hydrogen) atoms. The molecule has 2 N–H and O–H groups in total. The van der Waals surface area contributed by atoms with Crippen molar-refractivity contribution in [2.45, 2.75) is 13.3 Å². The minimum absolute atomic E-state index is 0.131. The number of hydrogen-bond donors (Lipinski definition) is 2. The SMILES string of the molecule is CCNc1ncnc(NCCc2nccs2)c1[N+](=O)[O-]. The van der Waals surface area contributed by atoms with Gasteiger partial charge in [-0.1, -0.05) is 0 Å². The first-order valence-corrected chi connectivity index (χ1v) is 6.95. The zero-order chi connectivity index (χ0) is 14.4. The molecule has 0 spiro atoms. The average Bonchev–Trinajstić information content (AvgIpc) is 2.92. The van der Waals surface area contributed by atoms with E-state index in [2.05, 4.69) is 25.6 Å². The summed E-state index contributed by atoms with van der Waals surface area (Å²) in [5.74, 6) is 0.446. The predicted octanol–water partition coefficient (Wildman–Crippen LogP) is 1.93. The molecule has 0 saturated heterocycles. The second-order valence-electron chi connectivity index (χ2n) is 3.81. The van der Waals surface area contributed by atoms with Crippen LogP contribution in [0, 0.1) is 10.1 Å². The number of rotatable bonds is 7. The van der Waals surface area contributed by atoms with Crippen molar-refractivity contribution < 1.29 is 4.92 Å². The zero-order valence-electron chi connectivity index (χ0n) is 10.9. The minimum atomic E-state index is -0.482.